The molecule has 0 unspecified atom stereocenters. The van der Waals surface area contributed by atoms with Crippen LogP contribution in [-0.2, 0) is 10.0 Å². The molecule has 82 valence electrons. The standard InChI is InChI=1S/C7H14BNO2S.C2H6/c1-12(10,11)9-4-2-7(6-8)3-5-9;1-2/h7H,2-6H2,1H3;1-2H3. The van der Waals surface area contributed by atoms with Gasteiger partial charge in [-0.2, -0.15) is 0 Å². The minimum atomic E-state index is -2.97. The average molecular weight is 217 g/mol. The Bertz CT molecular complexity index is 233. The lowest BCUT2D eigenvalue weighted by molar-refractivity contribution is 0.289. The Kier molecular flexibility index (Phi) is 6.45. The molecule has 0 atom stereocenters. The molecule has 0 spiro atoms. The number of hydrogen-bond acceptors (Lipinski definition) is 2. The van der Waals surface area contributed by atoms with E-state index in [9.17, 15) is 8.42 Å². The molecule has 0 bridgehead atoms. The Morgan fingerprint density at radius 3 is 2.00 bits per heavy atom. The summed E-state index contributed by atoms with van der Waals surface area (Å²) in [6.07, 6.45) is 3.75. The van der Waals surface area contributed by atoms with Crippen molar-refractivity contribution in [2.75, 3.05) is 19.3 Å². The fourth-order valence-electron chi connectivity index (χ4n) is 1.48. The van der Waals surface area contributed by atoms with Gasteiger partial charge in [0.1, 0.15) is 0 Å². The van der Waals surface area contributed by atoms with Crippen LogP contribution in [0, 0.1) is 5.92 Å². The van der Waals surface area contributed by atoms with Gasteiger partial charge in [-0.25, -0.2) is 12.7 Å². The van der Waals surface area contributed by atoms with E-state index in [0.29, 0.717) is 25.3 Å². The third-order valence-corrected chi connectivity index (χ3v) is 3.68. The van der Waals surface area contributed by atoms with Gasteiger partial charge in [0.25, 0.3) is 0 Å². The summed E-state index contributed by atoms with van der Waals surface area (Å²) in [5, 5.41) is 0. The van der Waals surface area contributed by atoms with Gasteiger partial charge in [0, 0.05) is 13.1 Å². The first-order valence-electron chi connectivity index (χ1n) is 5.19. The molecular weight excluding hydrogens is 197 g/mol. The van der Waals surface area contributed by atoms with E-state index in [4.69, 9.17) is 7.85 Å². The van der Waals surface area contributed by atoms with Gasteiger partial charge in [-0.15, -0.1) is 0 Å². The summed E-state index contributed by atoms with van der Waals surface area (Å²) >= 11 is 0. The second kappa shape index (κ2) is 6.46. The second-order valence-electron chi connectivity index (χ2n) is 3.34. The van der Waals surface area contributed by atoms with Crippen LogP contribution in [0.25, 0.3) is 0 Å². The summed E-state index contributed by atoms with van der Waals surface area (Å²) in [7, 11) is 2.52. The highest BCUT2D eigenvalue weighted by Gasteiger charge is 2.23. The Labute approximate surface area is 89.3 Å². The Morgan fingerprint density at radius 2 is 1.71 bits per heavy atom. The quantitative estimate of drug-likeness (QED) is 0.653. The molecule has 2 radical (unpaired) electrons. The summed E-state index contributed by atoms with van der Waals surface area (Å²) in [6, 6.07) is 0. The van der Waals surface area contributed by atoms with Crippen molar-refractivity contribution in [1.29, 1.82) is 0 Å². The molecule has 1 aliphatic rings. The van der Waals surface area contributed by atoms with Gasteiger partial charge in [0.2, 0.25) is 10.0 Å². The molecule has 1 heterocycles. The average Bonchev–Trinajstić information content (AvgIpc) is 2.20. The van der Waals surface area contributed by atoms with Crippen LogP contribution in [0.3, 0.4) is 0 Å². The zero-order valence-corrected chi connectivity index (χ0v) is 10.2. The fourth-order valence-corrected chi connectivity index (χ4v) is 2.35. The third-order valence-electron chi connectivity index (χ3n) is 2.38. The van der Waals surface area contributed by atoms with Gasteiger partial charge in [-0.3, -0.25) is 0 Å². The van der Waals surface area contributed by atoms with Crippen molar-refractivity contribution < 1.29 is 8.42 Å². The smallest absolute Gasteiger partial charge is 0.211 e. The number of rotatable bonds is 2. The van der Waals surface area contributed by atoms with Crippen LogP contribution < -0.4 is 0 Å². The number of sulfonamides is 1. The second-order valence-corrected chi connectivity index (χ2v) is 5.32. The lowest BCUT2D eigenvalue weighted by Crippen LogP contribution is -2.37. The van der Waals surface area contributed by atoms with Crippen LogP contribution >= 0.6 is 0 Å². The summed E-state index contributed by atoms with van der Waals surface area (Å²) < 4.78 is 23.7. The van der Waals surface area contributed by atoms with Crippen molar-refractivity contribution in [3.05, 3.63) is 0 Å². The van der Waals surface area contributed by atoms with Crippen molar-refractivity contribution in [1.82, 2.24) is 4.31 Å². The Morgan fingerprint density at radius 1 is 1.29 bits per heavy atom. The number of hydrogen-bond donors (Lipinski definition) is 0. The fraction of sp³-hybridized carbons (Fsp3) is 1.00. The van der Waals surface area contributed by atoms with Gasteiger partial charge >= 0.3 is 0 Å². The maximum absolute atomic E-state index is 11.1. The largest absolute Gasteiger partial charge is 0.213 e. The molecule has 14 heavy (non-hydrogen) atoms. The van der Waals surface area contributed by atoms with E-state index in [1.165, 1.54) is 10.6 Å². The van der Waals surface area contributed by atoms with Gasteiger partial charge in [-0.05, 0) is 18.8 Å². The highest BCUT2D eigenvalue weighted by Crippen LogP contribution is 2.20. The molecular formula is C9H20BNO2S. The normalized spacial score (nSPS) is 19.9. The summed E-state index contributed by atoms with van der Waals surface area (Å²) in [4.78, 5) is 0. The van der Waals surface area contributed by atoms with Gasteiger partial charge in [0.15, 0.2) is 0 Å². The van der Waals surface area contributed by atoms with Gasteiger partial charge < -0.3 is 0 Å². The van der Waals surface area contributed by atoms with E-state index in [-0.39, 0.29) is 0 Å². The van der Waals surface area contributed by atoms with Crippen molar-refractivity contribution in [3.63, 3.8) is 0 Å². The minimum Gasteiger partial charge on any atom is -0.213 e. The monoisotopic (exact) mass is 217 g/mol. The maximum atomic E-state index is 11.1. The van der Waals surface area contributed by atoms with Crippen molar-refractivity contribution in [2.24, 2.45) is 5.92 Å². The summed E-state index contributed by atoms with van der Waals surface area (Å²) in [5.41, 5.74) is 0. The first kappa shape index (κ1) is 14.0. The minimum absolute atomic E-state index is 0.517. The molecule has 0 aromatic heterocycles. The number of piperidine rings is 1. The molecule has 1 rings (SSSR count). The first-order valence-corrected chi connectivity index (χ1v) is 7.04. The molecule has 1 fully saturated rings. The van der Waals surface area contributed by atoms with Crippen LogP contribution in [0.5, 0.6) is 0 Å². The van der Waals surface area contributed by atoms with Crippen LogP contribution in [0.4, 0.5) is 0 Å². The van der Waals surface area contributed by atoms with E-state index < -0.39 is 10.0 Å². The topological polar surface area (TPSA) is 37.4 Å². The molecule has 5 heteroatoms. The van der Waals surface area contributed by atoms with Gasteiger partial charge in [0.05, 0.1) is 14.1 Å². The van der Waals surface area contributed by atoms with E-state index in [1.54, 1.807) is 0 Å². The van der Waals surface area contributed by atoms with Crippen LogP contribution in [-0.4, -0.2) is 39.9 Å². The van der Waals surface area contributed by atoms with E-state index in [2.05, 4.69) is 0 Å². The summed E-state index contributed by atoms with van der Waals surface area (Å²) in [5.74, 6) is 0.517. The molecule has 0 aliphatic carbocycles. The lowest BCUT2D eigenvalue weighted by atomic mass is 9.85. The van der Waals surface area contributed by atoms with E-state index in [0.717, 1.165) is 12.8 Å². The predicted octanol–water partition coefficient (Wildman–Crippen LogP) is 1.27. The molecule has 0 saturated carbocycles. The molecule has 3 nitrogen and oxygen atoms in total. The number of nitrogens with zero attached hydrogens (tertiary/aromatic N) is 1. The zero-order chi connectivity index (χ0) is 11.2. The van der Waals surface area contributed by atoms with Gasteiger partial charge in [-0.1, -0.05) is 20.2 Å². The SMILES string of the molecule is CC.[B]CC1CCN(S(C)(=O)=O)CC1. The van der Waals surface area contributed by atoms with E-state index >= 15 is 0 Å². The van der Waals surface area contributed by atoms with Crippen molar-refractivity contribution in [2.45, 2.75) is 33.0 Å². The van der Waals surface area contributed by atoms with Crippen molar-refractivity contribution >= 4 is 17.9 Å². The van der Waals surface area contributed by atoms with Crippen LogP contribution in [0.15, 0.2) is 0 Å². The van der Waals surface area contributed by atoms with Crippen LogP contribution in [0.1, 0.15) is 26.7 Å². The van der Waals surface area contributed by atoms with Crippen molar-refractivity contribution in [3.8, 4) is 0 Å². The summed E-state index contributed by atoms with van der Waals surface area (Å²) in [6.45, 7) is 5.28. The first-order chi connectivity index (χ1) is 6.54. The van der Waals surface area contributed by atoms with E-state index in [1.807, 2.05) is 13.8 Å². The molecule has 1 saturated heterocycles. The molecule has 1 aliphatic heterocycles. The Balaban J connectivity index is 0.000000791. The molecule has 0 amide bonds. The van der Waals surface area contributed by atoms with Crippen LogP contribution in [0.2, 0.25) is 6.32 Å². The Hall–Kier alpha value is -0.0251. The highest BCUT2D eigenvalue weighted by atomic mass is 32.2. The maximum Gasteiger partial charge on any atom is 0.211 e. The predicted molar refractivity (Wildman–Crippen MR) is 61.0 cm³/mol. The lowest BCUT2D eigenvalue weighted by Gasteiger charge is -2.29. The zero-order valence-electron chi connectivity index (χ0n) is 9.36. The molecule has 0 aromatic carbocycles. The highest BCUT2D eigenvalue weighted by molar-refractivity contribution is 7.88. The molecule has 0 N–H and O–H groups in total. The molecule has 0 aromatic rings. The third kappa shape index (κ3) is 4.46.